The zero-order valence-electron chi connectivity index (χ0n) is 20.9. The summed E-state index contributed by atoms with van der Waals surface area (Å²) in [7, 11) is 1.39. The normalized spacial score (nSPS) is 52.4. The molecule has 1 aromatic heterocycles. The predicted molar refractivity (Wildman–Crippen MR) is 121 cm³/mol. The van der Waals surface area contributed by atoms with Crippen molar-refractivity contribution in [1.29, 1.82) is 0 Å². The summed E-state index contributed by atoms with van der Waals surface area (Å²) >= 11 is 0. The Kier molecular flexibility index (Phi) is 4.37. The van der Waals surface area contributed by atoms with Crippen molar-refractivity contribution < 1.29 is 33.3 Å². The minimum Gasteiger partial charge on any atom is -0.472 e. The van der Waals surface area contributed by atoms with Gasteiger partial charge in [-0.1, -0.05) is 27.7 Å². The van der Waals surface area contributed by atoms with E-state index in [1.165, 1.54) is 7.11 Å². The van der Waals surface area contributed by atoms with Crippen molar-refractivity contribution in [2.45, 2.75) is 95.7 Å². The molecule has 7 heteroatoms. The molecule has 1 aromatic rings. The van der Waals surface area contributed by atoms with E-state index in [1.54, 1.807) is 12.5 Å². The molecule has 34 heavy (non-hydrogen) atoms. The molecule has 7 nitrogen and oxygen atoms in total. The lowest BCUT2D eigenvalue weighted by Crippen LogP contribution is -2.62. The SMILES string of the molecule is COC(=O)C[C@H]1C(C)(C)C(=O)C[C@@H]2O[C@@H]3C[C@@]4(C)[C@H](c5ccoc5)C[C@H](O)[C@]45O[C@]5(C)[C@H]3[C@@]21C. The van der Waals surface area contributed by atoms with Gasteiger partial charge in [-0.25, -0.2) is 0 Å². The first-order valence-electron chi connectivity index (χ1n) is 12.5. The summed E-state index contributed by atoms with van der Waals surface area (Å²) in [6, 6.07) is 1.98. The van der Waals surface area contributed by atoms with E-state index in [-0.39, 0.29) is 53.6 Å². The number of epoxide rings is 1. The highest BCUT2D eigenvalue weighted by molar-refractivity contribution is 5.87. The fourth-order valence-corrected chi connectivity index (χ4v) is 9.65. The Morgan fingerprint density at radius 1 is 1.24 bits per heavy atom. The molecule has 3 saturated carbocycles. The van der Waals surface area contributed by atoms with Crippen LogP contribution in [0.15, 0.2) is 23.0 Å². The zero-order valence-corrected chi connectivity index (χ0v) is 20.9. The number of methoxy groups -OCH3 is 1. The number of ether oxygens (including phenoxy) is 3. The van der Waals surface area contributed by atoms with E-state index < -0.39 is 28.1 Å². The topological polar surface area (TPSA) is 98.5 Å². The number of carbonyl (C=O) groups excluding carboxylic acids is 2. The van der Waals surface area contributed by atoms with E-state index in [9.17, 15) is 14.7 Å². The first-order valence-corrected chi connectivity index (χ1v) is 12.5. The van der Waals surface area contributed by atoms with Crippen LogP contribution in [0.4, 0.5) is 0 Å². The molecule has 1 spiro atoms. The molecule has 2 aliphatic heterocycles. The molecule has 186 valence electrons. The third-order valence-electron chi connectivity index (χ3n) is 11.2. The maximum Gasteiger partial charge on any atom is 0.305 e. The number of furan rings is 1. The number of aliphatic hydroxyl groups excluding tert-OH is 1. The van der Waals surface area contributed by atoms with Crippen LogP contribution in [0.5, 0.6) is 0 Å². The van der Waals surface area contributed by atoms with Gasteiger partial charge in [0.1, 0.15) is 17.0 Å². The molecule has 3 heterocycles. The Balaban J connectivity index is 1.46. The average molecular weight is 473 g/mol. The monoisotopic (exact) mass is 472 g/mol. The van der Waals surface area contributed by atoms with Crippen molar-refractivity contribution in [2.75, 3.05) is 7.11 Å². The fraction of sp³-hybridized carbons (Fsp3) is 0.778. The van der Waals surface area contributed by atoms with Gasteiger partial charge in [0, 0.05) is 35.0 Å². The summed E-state index contributed by atoms with van der Waals surface area (Å²) < 4.78 is 24.0. The third-order valence-corrected chi connectivity index (χ3v) is 11.2. The van der Waals surface area contributed by atoms with Crippen LogP contribution in [0.1, 0.15) is 71.8 Å². The van der Waals surface area contributed by atoms with Crippen molar-refractivity contribution in [1.82, 2.24) is 0 Å². The molecule has 2 saturated heterocycles. The van der Waals surface area contributed by atoms with E-state index in [4.69, 9.17) is 18.6 Å². The van der Waals surface area contributed by atoms with E-state index in [1.807, 2.05) is 19.9 Å². The highest BCUT2D eigenvalue weighted by Gasteiger charge is 2.90. The summed E-state index contributed by atoms with van der Waals surface area (Å²) in [6.07, 6.45) is 4.27. The molecular formula is C27H36O7. The van der Waals surface area contributed by atoms with Crippen molar-refractivity contribution in [3.8, 4) is 0 Å². The van der Waals surface area contributed by atoms with Gasteiger partial charge in [0.15, 0.2) is 0 Å². The Bertz CT molecular complexity index is 1050. The number of aliphatic hydroxyl groups is 1. The second kappa shape index (κ2) is 6.54. The molecule has 0 unspecified atom stereocenters. The number of rotatable bonds is 3. The van der Waals surface area contributed by atoms with Crippen molar-refractivity contribution >= 4 is 11.8 Å². The van der Waals surface area contributed by atoms with Crippen LogP contribution < -0.4 is 0 Å². The van der Waals surface area contributed by atoms with Gasteiger partial charge in [0.05, 0.1) is 37.9 Å². The second-order valence-electron chi connectivity index (χ2n) is 12.6. The van der Waals surface area contributed by atoms with Gasteiger partial charge in [0.2, 0.25) is 0 Å². The molecule has 3 aliphatic carbocycles. The van der Waals surface area contributed by atoms with Gasteiger partial charge in [-0.05, 0) is 43.2 Å². The van der Waals surface area contributed by atoms with Crippen LogP contribution in [-0.2, 0) is 23.8 Å². The molecule has 1 N–H and O–H groups in total. The van der Waals surface area contributed by atoms with Crippen LogP contribution in [0.2, 0.25) is 0 Å². The van der Waals surface area contributed by atoms with Crippen LogP contribution in [0.25, 0.3) is 0 Å². The quantitative estimate of drug-likeness (QED) is 0.530. The molecule has 0 aromatic carbocycles. The van der Waals surface area contributed by atoms with Crippen molar-refractivity contribution in [3.63, 3.8) is 0 Å². The molecule has 5 aliphatic rings. The molecule has 6 rings (SSSR count). The lowest BCUT2D eigenvalue weighted by atomic mass is 9.45. The Morgan fingerprint density at radius 2 is 1.97 bits per heavy atom. The molecule has 0 bridgehead atoms. The van der Waals surface area contributed by atoms with Gasteiger partial charge in [-0.2, -0.15) is 0 Å². The third kappa shape index (κ3) is 2.30. The van der Waals surface area contributed by atoms with Crippen LogP contribution in [0.3, 0.4) is 0 Å². The smallest absolute Gasteiger partial charge is 0.305 e. The second-order valence-corrected chi connectivity index (χ2v) is 12.6. The van der Waals surface area contributed by atoms with E-state index >= 15 is 0 Å². The lowest BCUT2D eigenvalue weighted by molar-refractivity contribution is -0.159. The van der Waals surface area contributed by atoms with E-state index in [0.29, 0.717) is 12.8 Å². The Labute approximate surface area is 200 Å². The van der Waals surface area contributed by atoms with Gasteiger partial charge in [-0.3, -0.25) is 9.59 Å². The number of esters is 1. The summed E-state index contributed by atoms with van der Waals surface area (Å²) in [6.45, 7) is 10.4. The van der Waals surface area contributed by atoms with Crippen LogP contribution >= 0.6 is 0 Å². The minimum atomic E-state index is -0.690. The average Bonchev–Trinajstić information content (AvgIpc) is 3.06. The number of hydrogen-bond donors (Lipinski definition) is 1. The lowest BCUT2D eigenvalue weighted by Gasteiger charge is -2.55. The highest BCUT2D eigenvalue weighted by Crippen LogP contribution is 2.81. The molecule has 0 amide bonds. The largest absolute Gasteiger partial charge is 0.472 e. The summed E-state index contributed by atoms with van der Waals surface area (Å²) in [5.74, 6) is -0.389. The van der Waals surface area contributed by atoms with Crippen molar-refractivity contribution in [2.24, 2.45) is 28.1 Å². The number of ketones is 1. The highest BCUT2D eigenvalue weighted by atomic mass is 16.7. The standard InChI is InChI=1S/C27H36O7/c1-23(2)17(10-21(30)31-6)25(4)20(11-18(23)28)33-16-12-24(3)15(14-7-8-32-13-14)9-19(29)27(24)26(5,34-27)22(16)25/h7-8,13,15-17,19-20,22,29H,9-12H2,1-6H3/t15-,16+,17-,19-,20-,22+,24-,25+,26+,27-/m0/s1. The number of carbonyl (C=O) groups is 2. The number of hydrogen-bond acceptors (Lipinski definition) is 7. The zero-order chi connectivity index (χ0) is 24.5. The molecule has 5 fully saturated rings. The maximum absolute atomic E-state index is 13.3. The molecular weight excluding hydrogens is 436 g/mol. The predicted octanol–water partition coefficient (Wildman–Crippen LogP) is 3.63. The minimum absolute atomic E-state index is 0.0437. The molecule has 10 atom stereocenters. The molecule has 0 radical (unpaired) electrons. The first kappa shape index (κ1) is 22.7. The summed E-state index contributed by atoms with van der Waals surface area (Å²) in [5, 5.41) is 11.5. The Hall–Kier alpha value is -1.70. The van der Waals surface area contributed by atoms with Crippen LogP contribution in [-0.4, -0.2) is 53.5 Å². The van der Waals surface area contributed by atoms with Crippen molar-refractivity contribution in [3.05, 3.63) is 24.2 Å². The first-order chi connectivity index (χ1) is 15.9. The van der Waals surface area contributed by atoms with Gasteiger partial charge in [-0.15, -0.1) is 0 Å². The number of fused-ring (bicyclic) bond motifs is 4. The number of Topliss-reactive ketones (excluding diaryl/α,β-unsaturated/α-hetero) is 1. The van der Waals surface area contributed by atoms with Crippen LogP contribution in [0, 0.1) is 28.1 Å². The Morgan fingerprint density at radius 3 is 2.62 bits per heavy atom. The van der Waals surface area contributed by atoms with Gasteiger partial charge in [0.25, 0.3) is 0 Å². The summed E-state index contributed by atoms with van der Waals surface area (Å²) in [4.78, 5) is 25.8. The van der Waals surface area contributed by atoms with E-state index in [0.717, 1.165) is 12.0 Å². The maximum atomic E-state index is 13.3. The summed E-state index contributed by atoms with van der Waals surface area (Å²) in [5.41, 5.74) is -1.72. The fourth-order valence-electron chi connectivity index (χ4n) is 9.65. The van der Waals surface area contributed by atoms with Gasteiger partial charge < -0.3 is 23.7 Å². The van der Waals surface area contributed by atoms with E-state index in [2.05, 4.69) is 20.8 Å². The van der Waals surface area contributed by atoms with Gasteiger partial charge >= 0.3 is 5.97 Å².